The van der Waals surface area contributed by atoms with Gasteiger partial charge in [0.2, 0.25) is 11.2 Å². The number of primary amides is 1. The minimum Gasteiger partial charge on any atom is -0.368 e. The average molecular weight is 263 g/mol. The van der Waals surface area contributed by atoms with E-state index in [2.05, 4.69) is 15.3 Å². The van der Waals surface area contributed by atoms with E-state index in [0.717, 1.165) is 0 Å². The van der Waals surface area contributed by atoms with Crippen LogP contribution in [-0.2, 0) is 4.79 Å². The van der Waals surface area contributed by atoms with Gasteiger partial charge in [-0.25, -0.2) is 4.98 Å². The Kier molecular flexibility index (Phi) is 4.32. The van der Waals surface area contributed by atoms with Crippen molar-refractivity contribution in [1.82, 2.24) is 9.97 Å². The summed E-state index contributed by atoms with van der Waals surface area (Å²) >= 11 is 11.5. The van der Waals surface area contributed by atoms with Crippen LogP contribution in [0.15, 0.2) is 6.20 Å². The van der Waals surface area contributed by atoms with Crippen LogP contribution in [0.3, 0.4) is 0 Å². The van der Waals surface area contributed by atoms with Crippen LogP contribution in [0.4, 0.5) is 5.82 Å². The molecule has 0 saturated carbocycles. The summed E-state index contributed by atoms with van der Waals surface area (Å²) in [6, 6.07) is -0.552. The average Bonchev–Trinajstić information content (AvgIpc) is 2.18. The first-order chi connectivity index (χ1) is 7.41. The van der Waals surface area contributed by atoms with Gasteiger partial charge in [-0.15, -0.1) is 0 Å². The third-order valence-corrected chi connectivity index (χ3v) is 2.44. The second kappa shape index (κ2) is 5.32. The molecule has 0 aromatic carbocycles. The Bertz CT molecular complexity index is 397. The van der Waals surface area contributed by atoms with Crippen molar-refractivity contribution in [3.8, 4) is 0 Å². The lowest BCUT2D eigenvalue weighted by atomic mass is 10.0. The molecular formula is C9H12Cl2N4O. The van der Waals surface area contributed by atoms with Crippen LogP contribution in [0.25, 0.3) is 0 Å². The molecule has 1 aromatic rings. The van der Waals surface area contributed by atoms with Crippen LogP contribution >= 0.6 is 23.2 Å². The summed E-state index contributed by atoms with van der Waals surface area (Å²) in [6.45, 7) is 3.72. The van der Waals surface area contributed by atoms with E-state index in [9.17, 15) is 4.79 Å². The maximum Gasteiger partial charge on any atom is 0.240 e. The predicted octanol–water partition coefficient (Wildman–Crippen LogP) is 1.71. The zero-order valence-corrected chi connectivity index (χ0v) is 10.4. The molecule has 0 aliphatic heterocycles. The number of amides is 1. The van der Waals surface area contributed by atoms with Crippen molar-refractivity contribution in [2.45, 2.75) is 19.9 Å². The van der Waals surface area contributed by atoms with Crippen LogP contribution in [0.2, 0.25) is 10.3 Å². The van der Waals surface area contributed by atoms with Gasteiger partial charge in [-0.3, -0.25) is 4.79 Å². The van der Waals surface area contributed by atoms with E-state index in [0.29, 0.717) is 5.82 Å². The van der Waals surface area contributed by atoms with Gasteiger partial charge >= 0.3 is 0 Å². The number of hydrogen-bond acceptors (Lipinski definition) is 4. The fourth-order valence-corrected chi connectivity index (χ4v) is 1.44. The molecule has 1 amide bonds. The number of aromatic nitrogens is 2. The Balaban J connectivity index is 2.93. The Morgan fingerprint density at radius 1 is 1.50 bits per heavy atom. The molecule has 0 saturated heterocycles. The second-order valence-electron chi connectivity index (χ2n) is 3.60. The molecule has 1 atom stereocenters. The summed E-state index contributed by atoms with van der Waals surface area (Å²) in [5.41, 5.74) is 5.25. The molecule has 7 heteroatoms. The van der Waals surface area contributed by atoms with Crippen LogP contribution in [0.1, 0.15) is 13.8 Å². The number of nitrogens with two attached hydrogens (primary N) is 1. The van der Waals surface area contributed by atoms with Crippen molar-refractivity contribution in [2.75, 3.05) is 5.32 Å². The summed E-state index contributed by atoms with van der Waals surface area (Å²) in [7, 11) is 0. The Morgan fingerprint density at radius 3 is 2.62 bits per heavy atom. The molecular weight excluding hydrogens is 251 g/mol. The summed E-state index contributed by atoms with van der Waals surface area (Å²) in [4.78, 5) is 18.8. The quantitative estimate of drug-likeness (QED) is 0.810. The molecule has 5 nitrogen and oxygen atoms in total. The number of carbonyl (C=O) groups is 1. The van der Waals surface area contributed by atoms with E-state index in [1.54, 1.807) is 0 Å². The maximum absolute atomic E-state index is 11.2. The summed E-state index contributed by atoms with van der Waals surface area (Å²) < 4.78 is 0. The second-order valence-corrected chi connectivity index (χ2v) is 4.35. The highest BCUT2D eigenvalue weighted by atomic mass is 35.5. The summed E-state index contributed by atoms with van der Waals surface area (Å²) in [5, 5.41) is 3.19. The Labute approximate surface area is 103 Å². The van der Waals surface area contributed by atoms with Crippen molar-refractivity contribution < 1.29 is 4.79 Å². The van der Waals surface area contributed by atoms with Gasteiger partial charge in [0.15, 0.2) is 5.82 Å². The highest BCUT2D eigenvalue weighted by Crippen LogP contribution is 2.21. The largest absolute Gasteiger partial charge is 0.368 e. The molecule has 0 aliphatic rings. The van der Waals surface area contributed by atoms with Crippen molar-refractivity contribution in [1.29, 1.82) is 0 Å². The van der Waals surface area contributed by atoms with Gasteiger partial charge in [0, 0.05) is 0 Å². The smallest absolute Gasteiger partial charge is 0.240 e. The van der Waals surface area contributed by atoms with Crippen LogP contribution in [0.5, 0.6) is 0 Å². The first-order valence-electron chi connectivity index (χ1n) is 4.65. The fraction of sp³-hybridized carbons (Fsp3) is 0.444. The van der Waals surface area contributed by atoms with Crippen LogP contribution < -0.4 is 11.1 Å². The number of rotatable bonds is 4. The first-order valence-corrected chi connectivity index (χ1v) is 5.41. The molecule has 1 rings (SSSR count). The van der Waals surface area contributed by atoms with Gasteiger partial charge in [0.25, 0.3) is 0 Å². The molecule has 0 unspecified atom stereocenters. The van der Waals surface area contributed by atoms with Gasteiger partial charge < -0.3 is 11.1 Å². The number of nitrogens with one attached hydrogen (secondary N) is 1. The SMILES string of the molecule is CC(C)[C@H](Nc1nc(Cl)ncc1Cl)C(N)=O. The van der Waals surface area contributed by atoms with E-state index in [4.69, 9.17) is 28.9 Å². The molecule has 0 aliphatic carbocycles. The highest BCUT2D eigenvalue weighted by Gasteiger charge is 2.20. The topological polar surface area (TPSA) is 80.9 Å². The molecule has 16 heavy (non-hydrogen) atoms. The van der Waals surface area contributed by atoms with Gasteiger partial charge in [0.1, 0.15) is 11.1 Å². The normalized spacial score (nSPS) is 12.6. The zero-order valence-electron chi connectivity index (χ0n) is 8.87. The van der Waals surface area contributed by atoms with Gasteiger partial charge in [-0.2, -0.15) is 4.98 Å². The summed E-state index contributed by atoms with van der Waals surface area (Å²) in [5.74, 6) is -0.151. The number of carbonyl (C=O) groups excluding carboxylic acids is 1. The van der Waals surface area contributed by atoms with Gasteiger partial charge in [-0.05, 0) is 17.5 Å². The van der Waals surface area contributed by atoms with Crippen molar-refractivity contribution in [2.24, 2.45) is 11.7 Å². The molecule has 0 bridgehead atoms. The summed E-state index contributed by atoms with van der Waals surface area (Å²) in [6.07, 6.45) is 1.36. The van der Waals surface area contributed by atoms with E-state index in [1.165, 1.54) is 6.20 Å². The van der Waals surface area contributed by atoms with Crippen molar-refractivity contribution in [3.05, 3.63) is 16.5 Å². The number of nitrogens with zero attached hydrogens (tertiary/aromatic N) is 2. The minimum absolute atomic E-state index is 0.0160. The Hall–Kier alpha value is -1.07. The van der Waals surface area contributed by atoms with E-state index < -0.39 is 11.9 Å². The number of hydrogen-bond donors (Lipinski definition) is 2. The molecule has 0 spiro atoms. The maximum atomic E-state index is 11.2. The highest BCUT2D eigenvalue weighted by molar-refractivity contribution is 6.33. The predicted molar refractivity (Wildman–Crippen MR) is 63.5 cm³/mol. The monoisotopic (exact) mass is 262 g/mol. The van der Waals surface area contributed by atoms with E-state index >= 15 is 0 Å². The first kappa shape index (κ1) is 13.0. The molecule has 0 fully saturated rings. The minimum atomic E-state index is -0.552. The van der Waals surface area contributed by atoms with Crippen molar-refractivity contribution >= 4 is 34.9 Å². The standard InChI is InChI=1S/C9H12Cl2N4O/c1-4(2)6(7(12)16)14-8-5(10)3-13-9(11)15-8/h3-4,6H,1-2H3,(H2,12,16)(H,13,14,15)/t6-/m0/s1. The number of halogens is 2. The van der Waals surface area contributed by atoms with Gasteiger partial charge in [-0.1, -0.05) is 25.4 Å². The fourth-order valence-electron chi connectivity index (χ4n) is 1.16. The third-order valence-electron chi connectivity index (χ3n) is 1.98. The molecule has 0 radical (unpaired) electrons. The third kappa shape index (κ3) is 3.21. The van der Waals surface area contributed by atoms with Gasteiger partial charge in [0.05, 0.1) is 6.20 Å². The zero-order chi connectivity index (χ0) is 12.3. The lowest BCUT2D eigenvalue weighted by Gasteiger charge is -2.19. The molecule has 88 valence electrons. The van der Waals surface area contributed by atoms with E-state index in [-0.39, 0.29) is 16.2 Å². The van der Waals surface area contributed by atoms with Crippen LogP contribution in [0, 0.1) is 5.92 Å². The van der Waals surface area contributed by atoms with Crippen LogP contribution in [-0.4, -0.2) is 21.9 Å². The van der Waals surface area contributed by atoms with Crippen molar-refractivity contribution in [3.63, 3.8) is 0 Å². The molecule has 1 heterocycles. The molecule has 1 aromatic heterocycles. The molecule has 3 N–H and O–H groups in total. The lowest BCUT2D eigenvalue weighted by Crippen LogP contribution is -2.39. The van der Waals surface area contributed by atoms with E-state index in [1.807, 2.05) is 13.8 Å². The Morgan fingerprint density at radius 2 is 2.12 bits per heavy atom. The lowest BCUT2D eigenvalue weighted by molar-refractivity contribution is -0.119. The number of anilines is 1.